The molecule has 0 aromatic carbocycles. The van der Waals surface area contributed by atoms with Crippen molar-refractivity contribution in [2.75, 3.05) is 21.3 Å². The third-order valence-corrected chi connectivity index (χ3v) is 3.55. The Bertz CT molecular complexity index is 686. The van der Waals surface area contributed by atoms with E-state index in [-0.39, 0.29) is 5.88 Å². The van der Waals surface area contributed by atoms with Crippen molar-refractivity contribution in [3.05, 3.63) is 35.9 Å². The van der Waals surface area contributed by atoms with Crippen LogP contribution in [-0.2, 0) is 18.4 Å². The van der Waals surface area contributed by atoms with Crippen molar-refractivity contribution < 1.29 is 19.4 Å². The molecule has 8 nitrogen and oxygen atoms in total. The number of methoxy groups -OCH3 is 2. The minimum atomic E-state index is -0.994. The van der Waals surface area contributed by atoms with E-state index >= 15 is 0 Å². The van der Waals surface area contributed by atoms with Gasteiger partial charge in [0.05, 0.1) is 20.8 Å². The van der Waals surface area contributed by atoms with Crippen LogP contribution in [0.5, 0.6) is 11.8 Å². The molecule has 2 aromatic rings. The average molecular weight is 320 g/mol. The van der Waals surface area contributed by atoms with Crippen molar-refractivity contribution in [1.29, 1.82) is 0 Å². The maximum absolute atomic E-state index is 11.8. The monoisotopic (exact) mass is 320 g/mol. The number of hydrogen-bond acceptors (Lipinski definition) is 6. The first-order valence-corrected chi connectivity index (χ1v) is 6.96. The number of pyridine rings is 1. The fourth-order valence-corrected chi connectivity index (χ4v) is 2.34. The minimum Gasteiger partial charge on any atom is -0.481 e. The Balaban J connectivity index is 2.34. The van der Waals surface area contributed by atoms with Crippen LogP contribution in [0.1, 0.15) is 17.4 Å². The van der Waals surface area contributed by atoms with Gasteiger partial charge in [0.2, 0.25) is 11.8 Å². The lowest BCUT2D eigenvalue weighted by molar-refractivity contribution is -0.143. The standard InChI is InChI=1S/C15H20N4O4/c1-18-8-7-16-11(18)9-19(2)13(15(20)21)10-5-6-12(22-3)17-14(10)23-4/h5-8,13H,9H2,1-4H3,(H,20,21). The van der Waals surface area contributed by atoms with Gasteiger partial charge in [-0.25, -0.2) is 4.98 Å². The SMILES string of the molecule is COc1ccc(C(C(=O)O)N(C)Cc2nccn2C)c(OC)n1. The molecule has 0 fully saturated rings. The Labute approximate surface area is 134 Å². The summed E-state index contributed by atoms with van der Waals surface area (Å²) >= 11 is 0. The number of carbonyl (C=O) groups is 1. The van der Waals surface area contributed by atoms with Crippen molar-refractivity contribution in [2.24, 2.45) is 7.05 Å². The quantitative estimate of drug-likeness (QED) is 0.816. The van der Waals surface area contributed by atoms with E-state index in [0.29, 0.717) is 18.0 Å². The first-order valence-electron chi connectivity index (χ1n) is 6.96. The van der Waals surface area contributed by atoms with E-state index in [9.17, 15) is 9.90 Å². The van der Waals surface area contributed by atoms with Gasteiger partial charge in [-0.1, -0.05) is 0 Å². The van der Waals surface area contributed by atoms with E-state index in [1.54, 1.807) is 30.3 Å². The van der Waals surface area contributed by atoms with Gasteiger partial charge in [-0.3, -0.25) is 9.69 Å². The number of likely N-dealkylation sites (N-methyl/N-ethyl adjacent to an activating group) is 1. The number of carboxylic acid groups (broad SMARTS) is 1. The lowest BCUT2D eigenvalue weighted by atomic mass is 10.1. The second-order valence-corrected chi connectivity index (χ2v) is 5.06. The first-order chi connectivity index (χ1) is 11.0. The summed E-state index contributed by atoms with van der Waals surface area (Å²) in [4.78, 5) is 21.8. The Morgan fingerprint density at radius 1 is 1.39 bits per heavy atom. The topological polar surface area (TPSA) is 89.7 Å². The lowest BCUT2D eigenvalue weighted by Gasteiger charge is -2.25. The number of rotatable bonds is 7. The Morgan fingerprint density at radius 3 is 2.65 bits per heavy atom. The summed E-state index contributed by atoms with van der Waals surface area (Å²) < 4.78 is 12.1. The highest BCUT2D eigenvalue weighted by Gasteiger charge is 2.29. The molecule has 0 radical (unpaired) electrons. The predicted molar refractivity (Wildman–Crippen MR) is 82.4 cm³/mol. The minimum absolute atomic E-state index is 0.225. The second kappa shape index (κ2) is 7.10. The summed E-state index contributed by atoms with van der Waals surface area (Å²) in [5.41, 5.74) is 0.456. The molecule has 124 valence electrons. The van der Waals surface area contributed by atoms with Crippen molar-refractivity contribution in [1.82, 2.24) is 19.4 Å². The number of aryl methyl sites for hydroxylation is 1. The van der Waals surface area contributed by atoms with Gasteiger partial charge >= 0.3 is 5.97 Å². The highest BCUT2D eigenvalue weighted by atomic mass is 16.5. The van der Waals surface area contributed by atoms with Gasteiger partial charge in [0.15, 0.2) is 0 Å². The second-order valence-electron chi connectivity index (χ2n) is 5.06. The molecule has 2 aromatic heterocycles. The summed E-state index contributed by atoms with van der Waals surface area (Å²) in [5.74, 6) is 0.357. The van der Waals surface area contributed by atoms with E-state index in [2.05, 4.69) is 9.97 Å². The molecule has 2 rings (SSSR count). The molecule has 0 aliphatic carbocycles. The predicted octanol–water partition coefficient (Wildman–Crippen LogP) is 1.09. The van der Waals surface area contributed by atoms with Crippen LogP contribution in [0, 0.1) is 0 Å². The average Bonchev–Trinajstić information content (AvgIpc) is 2.92. The van der Waals surface area contributed by atoms with Crippen molar-refractivity contribution >= 4 is 5.97 Å². The zero-order valence-corrected chi connectivity index (χ0v) is 13.6. The van der Waals surface area contributed by atoms with Crippen LogP contribution >= 0.6 is 0 Å². The molecule has 0 bridgehead atoms. The number of aliphatic carboxylic acids is 1. The molecule has 1 N–H and O–H groups in total. The van der Waals surface area contributed by atoms with Gasteiger partial charge in [0.1, 0.15) is 11.9 Å². The van der Waals surface area contributed by atoms with Crippen LogP contribution in [0.15, 0.2) is 24.5 Å². The van der Waals surface area contributed by atoms with Gasteiger partial charge in [-0.05, 0) is 13.1 Å². The van der Waals surface area contributed by atoms with Crippen LogP contribution in [0.3, 0.4) is 0 Å². The van der Waals surface area contributed by atoms with Gasteiger partial charge in [-0.15, -0.1) is 0 Å². The van der Waals surface area contributed by atoms with E-state index in [4.69, 9.17) is 9.47 Å². The molecule has 0 spiro atoms. The number of hydrogen-bond donors (Lipinski definition) is 1. The summed E-state index contributed by atoms with van der Waals surface area (Å²) in [5, 5.41) is 9.66. The Morgan fingerprint density at radius 2 is 2.13 bits per heavy atom. The first kappa shape index (κ1) is 16.8. The molecule has 8 heteroatoms. The zero-order chi connectivity index (χ0) is 17.0. The maximum atomic E-state index is 11.8. The van der Waals surface area contributed by atoms with Crippen molar-refractivity contribution in [3.63, 3.8) is 0 Å². The molecule has 2 heterocycles. The third kappa shape index (κ3) is 3.59. The normalized spacial score (nSPS) is 12.2. The van der Waals surface area contributed by atoms with Gasteiger partial charge in [-0.2, -0.15) is 4.98 Å². The molecule has 0 amide bonds. The van der Waals surface area contributed by atoms with Crippen molar-refractivity contribution in [2.45, 2.75) is 12.6 Å². The fourth-order valence-electron chi connectivity index (χ4n) is 2.34. The number of carboxylic acids is 1. The molecule has 1 atom stereocenters. The molecular formula is C15H20N4O4. The molecule has 0 saturated heterocycles. The lowest BCUT2D eigenvalue weighted by Crippen LogP contribution is -2.31. The zero-order valence-electron chi connectivity index (χ0n) is 13.6. The largest absolute Gasteiger partial charge is 0.481 e. The van der Waals surface area contributed by atoms with E-state index in [0.717, 1.165) is 5.82 Å². The highest BCUT2D eigenvalue weighted by molar-refractivity contribution is 5.76. The summed E-state index contributed by atoms with van der Waals surface area (Å²) in [6.07, 6.45) is 3.49. The van der Waals surface area contributed by atoms with Crippen molar-refractivity contribution in [3.8, 4) is 11.8 Å². The van der Waals surface area contributed by atoms with Crippen LogP contribution in [0.2, 0.25) is 0 Å². The van der Waals surface area contributed by atoms with Gasteiger partial charge in [0, 0.05) is 31.1 Å². The number of nitrogens with zero attached hydrogens (tertiary/aromatic N) is 4. The maximum Gasteiger partial charge on any atom is 0.325 e. The fraction of sp³-hybridized carbons (Fsp3) is 0.400. The molecule has 0 aliphatic heterocycles. The number of aromatic nitrogens is 3. The highest BCUT2D eigenvalue weighted by Crippen LogP contribution is 2.30. The molecule has 0 aliphatic rings. The Kier molecular flexibility index (Phi) is 5.17. The molecule has 0 saturated carbocycles. The number of ether oxygens (including phenoxy) is 2. The van der Waals surface area contributed by atoms with Gasteiger partial charge < -0.3 is 19.1 Å². The molecular weight excluding hydrogens is 300 g/mol. The van der Waals surface area contributed by atoms with E-state index < -0.39 is 12.0 Å². The van der Waals surface area contributed by atoms with Crippen LogP contribution < -0.4 is 9.47 Å². The third-order valence-electron chi connectivity index (χ3n) is 3.55. The van der Waals surface area contributed by atoms with Crippen LogP contribution in [-0.4, -0.2) is 51.8 Å². The van der Waals surface area contributed by atoms with Crippen LogP contribution in [0.25, 0.3) is 0 Å². The summed E-state index contributed by atoms with van der Waals surface area (Å²) in [6.45, 7) is 0.371. The summed E-state index contributed by atoms with van der Waals surface area (Å²) in [6, 6.07) is 2.35. The smallest absolute Gasteiger partial charge is 0.325 e. The Hall–Kier alpha value is -2.61. The number of imidazole rings is 1. The summed E-state index contributed by atoms with van der Waals surface area (Å²) in [7, 11) is 6.52. The van der Waals surface area contributed by atoms with E-state index in [1.807, 2.05) is 17.8 Å². The van der Waals surface area contributed by atoms with Crippen LogP contribution in [0.4, 0.5) is 0 Å². The van der Waals surface area contributed by atoms with Gasteiger partial charge in [0.25, 0.3) is 0 Å². The van der Waals surface area contributed by atoms with E-state index in [1.165, 1.54) is 14.2 Å². The molecule has 1 unspecified atom stereocenters. The molecule has 23 heavy (non-hydrogen) atoms.